The van der Waals surface area contributed by atoms with Crippen LogP contribution in [0.1, 0.15) is 77.0 Å². The molecule has 3 atom stereocenters. The van der Waals surface area contributed by atoms with E-state index in [2.05, 4.69) is 81.0 Å². The Labute approximate surface area is 373 Å². The van der Waals surface area contributed by atoms with Crippen molar-refractivity contribution in [2.75, 3.05) is 38.8 Å². The second kappa shape index (κ2) is 20.1. The first-order chi connectivity index (χ1) is 30.8. The van der Waals surface area contributed by atoms with Gasteiger partial charge in [-0.25, -0.2) is 28.0 Å². The number of alkyl carbamates (subject to hydrolysis) is 2. The van der Waals surface area contributed by atoms with Gasteiger partial charge in [0.25, 0.3) is 0 Å². The summed E-state index contributed by atoms with van der Waals surface area (Å²) in [7, 11) is -0.636. The van der Waals surface area contributed by atoms with E-state index in [1.165, 1.54) is 14.2 Å². The van der Waals surface area contributed by atoms with Crippen molar-refractivity contribution >= 4 is 44.6 Å². The molecule has 3 aromatic carbocycles. The van der Waals surface area contributed by atoms with Crippen molar-refractivity contribution in [1.29, 1.82) is 0 Å². The quantitative estimate of drug-likeness (QED) is 0.0845. The highest BCUT2D eigenvalue weighted by Gasteiger charge is 2.41. The van der Waals surface area contributed by atoms with Crippen LogP contribution < -0.4 is 10.6 Å². The second-order valence-corrected chi connectivity index (χ2v) is 19.3. The number of rotatable bonds is 15. The van der Waals surface area contributed by atoms with Gasteiger partial charge in [-0.2, -0.15) is 0 Å². The summed E-state index contributed by atoms with van der Waals surface area (Å²) in [6.45, 7) is 7.16. The fraction of sp³-hybridized carbons (Fsp3) is 0.447. The molecule has 1 unspecified atom stereocenters. The van der Waals surface area contributed by atoms with Gasteiger partial charge in [-0.1, -0.05) is 75.7 Å². The number of amides is 4. The molecule has 2 aliphatic heterocycles. The monoisotopic (exact) mass is 894 g/mol. The van der Waals surface area contributed by atoms with Gasteiger partial charge >= 0.3 is 12.2 Å². The lowest BCUT2D eigenvalue weighted by Crippen LogP contribution is -2.53. The van der Waals surface area contributed by atoms with Crippen LogP contribution >= 0.6 is 0 Å². The minimum absolute atomic E-state index is 0.0172. The average Bonchev–Trinajstić information content (AvgIpc) is 4.10. The van der Waals surface area contributed by atoms with Crippen molar-refractivity contribution in [2.24, 2.45) is 11.8 Å². The molecule has 2 saturated heterocycles. The third kappa shape index (κ3) is 10.6. The van der Waals surface area contributed by atoms with Crippen LogP contribution in [0.25, 0.3) is 44.4 Å². The highest BCUT2D eigenvalue weighted by atomic mass is 32.2. The Hall–Kier alpha value is -6.23. The maximum Gasteiger partial charge on any atom is 0.407 e. The highest BCUT2D eigenvalue weighted by molar-refractivity contribution is 7.91. The zero-order valence-corrected chi connectivity index (χ0v) is 37.9. The molecule has 5 aromatic rings. The third-order valence-corrected chi connectivity index (χ3v) is 14.1. The smallest absolute Gasteiger partial charge is 0.407 e. The zero-order chi connectivity index (χ0) is 45.5. The zero-order valence-electron chi connectivity index (χ0n) is 37.1. The number of unbranched alkanes of at least 4 members (excludes halogenated alkanes) is 1. The summed E-state index contributed by atoms with van der Waals surface area (Å²) in [5, 5.41) is 7.53. The summed E-state index contributed by atoms with van der Waals surface area (Å²) in [4.78, 5) is 71.6. The number of likely N-dealkylation sites (tertiary alicyclic amines) is 1. The van der Waals surface area contributed by atoms with Gasteiger partial charge in [-0.05, 0) is 83.5 Å². The molecule has 2 aromatic heterocycles. The van der Waals surface area contributed by atoms with E-state index in [4.69, 9.17) is 14.5 Å². The molecule has 4 heterocycles. The topological polar surface area (TPSA) is 209 Å². The Morgan fingerprint density at radius 2 is 1.42 bits per heavy atom. The van der Waals surface area contributed by atoms with E-state index in [0.29, 0.717) is 44.0 Å². The van der Waals surface area contributed by atoms with Crippen molar-refractivity contribution in [1.82, 2.24) is 40.4 Å². The summed E-state index contributed by atoms with van der Waals surface area (Å²) in [5.41, 5.74) is 5.65. The van der Waals surface area contributed by atoms with Gasteiger partial charge < -0.3 is 39.9 Å². The van der Waals surface area contributed by atoms with Crippen molar-refractivity contribution in [3.63, 3.8) is 0 Å². The Morgan fingerprint density at radius 3 is 2.09 bits per heavy atom. The number of aromatic nitrogens is 4. The van der Waals surface area contributed by atoms with Crippen LogP contribution in [0, 0.1) is 11.8 Å². The number of hydrogen-bond acceptors (Lipinski definition) is 10. The number of sulfone groups is 1. The Balaban J connectivity index is 1.01. The van der Waals surface area contributed by atoms with E-state index in [9.17, 15) is 27.6 Å². The number of ether oxygens (including phenoxy) is 2. The van der Waals surface area contributed by atoms with Crippen molar-refractivity contribution in [3.05, 3.63) is 84.7 Å². The van der Waals surface area contributed by atoms with Crippen LogP contribution in [0.2, 0.25) is 0 Å². The molecule has 7 rings (SSSR count). The summed E-state index contributed by atoms with van der Waals surface area (Å²) >= 11 is 0. The fourth-order valence-corrected chi connectivity index (χ4v) is 10.2. The number of methoxy groups -OCH3 is 2. The molecule has 2 fully saturated rings. The van der Waals surface area contributed by atoms with Gasteiger partial charge in [-0.3, -0.25) is 9.59 Å². The second-order valence-electron chi connectivity index (χ2n) is 17.0. The predicted octanol–water partition coefficient (Wildman–Crippen LogP) is 7.01. The maximum atomic E-state index is 14.0. The SMILES string of the molecule is CCCCN(Cc1ncc(-c2ccc3cc(-c4ccc(-c5cnc([C@@H]6CCCN6C(=O)C(NC(=O)OC)C6CCS(=O)(=O)CC6)[nH]5)cc4)ccc3c2)[nH]1)C(=O)[C@@H](NC(=O)OC)C(C)C. The molecule has 0 saturated carbocycles. The van der Waals surface area contributed by atoms with Crippen LogP contribution in [0.3, 0.4) is 0 Å². The molecular formula is C47H58N8O8S. The van der Waals surface area contributed by atoms with E-state index >= 15 is 0 Å². The Kier molecular flexibility index (Phi) is 14.4. The molecule has 0 radical (unpaired) electrons. The molecule has 16 nitrogen and oxygen atoms in total. The molecule has 17 heteroatoms. The lowest BCUT2D eigenvalue weighted by atomic mass is 9.92. The van der Waals surface area contributed by atoms with Crippen LogP contribution in [-0.4, -0.2) is 113 Å². The summed E-state index contributed by atoms with van der Waals surface area (Å²) in [5.74, 6) is 0.379. The number of imidazole rings is 2. The van der Waals surface area contributed by atoms with Crippen molar-refractivity contribution in [2.45, 2.75) is 84.0 Å². The van der Waals surface area contributed by atoms with Gasteiger partial charge in [0.2, 0.25) is 11.8 Å². The number of H-pyrrole nitrogens is 2. The van der Waals surface area contributed by atoms with Crippen LogP contribution in [-0.2, 0) is 35.4 Å². The van der Waals surface area contributed by atoms with E-state index in [-0.39, 0.29) is 47.7 Å². The fourth-order valence-electron chi connectivity index (χ4n) is 8.67. The van der Waals surface area contributed by atoms with Gasteiger partial charge in [0.05, 0.1) is 62.1 Å². The molecule has 2 aliphatic rings. The summed E-state index contributed by atoms with van der Waals surface area (Å²) < 4.78 is 33.9. The predicted molar refractivity (Wildman–Crippen MR) is 243 cm³/mol. The first-order valence-electron chi connectivity index (χ1n) is 22.0. The van der Waals surface area contributed by atoms with Gasteiger partial charge in [0.1, 0.15) is 33.6 Å². The number of benzene rings is 3. The number of carbonyl (C=O) groups excluding carboxylic acids is 4. The van der Waals surface area contributed by atoms with Gasteiger partial charge in [-0.15, -0.1) is 0 Å². The summed E-state index contributed by atoms with van der Waals surface area (Å²) in [6.07, 6.45) is 5.97. The molecule has 340 valence electrons. The van der Waals surface area contributed by atoms with E-state index in [0.717, 1.165) is 63.7 Å². The molecule has 0 bridgehead atoms. The van der Waals surface area contributed by atoms with Crippen LogP contribution in [0.15, 0.2) is 73.1 Å². The number of hydrogen-bond donors (Lipinski definition) is 4. The van der Waals surface area contributed by atoms with Crippen molar-refractivity contribution < 1.29 is 37.1 Å². The molecule has 0 aliphatic carbocycles. The van der Waals surface area contributed by atoms with Gasteiger partial charge in [0.15, 0.2) is 0 Å². The lowest BCUT2D eigenvalue weighted by molar-refractivity contribution is -0.136. The number of carbonyl (C=O) groups is 4. The normalized spacial score (nSPS) is 17.2. The Bertz CT molecular complexity index is 2560. The average molecular weight is 895 g/mol. The first kappa shape index (κ1) is 45.8. The van der Waals surface area contributed by atoms with E-state index in [1.807, 2.05) is 26.0 Å². The van der Waals surface area contributed by atoms with E-state index < -0.39 is 34.1 Å². The third-order valence-electron chi connectivity index (χ3n) is 12.4. The number of nitrogens with zero attached hydrogens (tertiary/aromatic N) is 4. The van der Waals surface area contributed by atoms with Crippen molar-refractivity contribution in [3.8, 4) is 33.6 Å². The lowest BCUT2D eigenvalue weighted by Gasteiger charge is -2.34. The number of nitrogens with one attached hydrogen (secondary N) is 4. The maximum absolute atomic E-state index is 14.0. The largest absolute Gasteiger partial charge is 0.453 e. The molecule has 4 N–H and O–H groups in total. The Morgan fingerprint density at radius 1 is 0.812 bits per heavy atom. The highest BCUT2D eigenvalue weighted by Crippen LogP contribution is 2.35. The van der Waals surface area contributed by atoms with Crippen LogP contribution in [0.5, 0.6) is 0 Å². The van der Waals surface area contributed by atoms with Gasteiger partial charge in [0, 0.05) is 18.7 Å². The van der Waals surface area contributed by atoms with E-state index in [1.54, 1.807) is 22.2 Å². The summed E-state index contributed by atoms with van der Waals surface area (Å²) in [6, 6.07) is 18.9. The molecule has 64 heavy (non-hydrogen) atoms. The standard InChI is InChI=1S/C47H58N8O8S/c1-6-7-20-54(44(56)41(29(2)3)52-46(58)62-4)28-40-48-26-38(50-40)36-17-16-34-24-33(14-15-35(34)25-36)30-10-12-31(13-11-30)37-27-49-43(51-37)39-9-8-21-55(39)45(57)42(53-47(59)63-5)32-18-22-64(60,61)23-19-32/h10-17,24-27,29,32,39,41-42H,6-9,18-23,28H2,1-5H3,(H,48,50)(H,49,51)(H,52,58)(H,53,59)/t39-,41-,42?/m0/s1. The number of fused-ring (bicyclic) bond motifs is 1. The molecule has 4 amide bonds. The first-order valence-corrected chi connectivity index (χ1v) is 23.8. The molecule has 0 spiro atoms. The minimum atomic E-state index is -3.16. The number of aromatic amines is 2. The molecular weight excluding hydrogens is 837 g/mol. The van der Waals surface area contributed by atoms with Crippen LogP contribution in [0.4, 0.5) is 9.59 Å². The minimum Gasteiger partial charge on any atom is -0.453 e.